The van der Waals surface area contributed by atoms with Crippen LogP contribution in [-0.4, -0.2) is 50.9 Å². The maximum absolute atomic E-state index is 11.3. The summed E-state index contributed by atoms with van der Waals surface area (Å²) in [6, 6.07) is -1.57. The van der Waals surface area contributed by atoms with Gasteiger partial charge in [0.1, 0.15) is 6.04 Å². The van der Waals surface area contributed by atoms with Crippen LogP contribution in [0.5, 0.6) is 0 Å². The van der Waals surface area contributed by atoms with Gasteiger partial charge in [-0.25, -0.2) is 22.7 Å². The Hall–Kier alpha value is -1.35. The quantitative estimate of drug-likeness (QED) is 0.429. The van der Waals surface area contributed by atoms with Crippen LogP contribution in [0.25, 0.3) is 0 Å². The Labute approximate surface area is 106 Å². The van der Waals surface area contributed by atoms with E-state index in [0.717, 1.165) is 6.26 Å². The van der Waals surface area contributed by atoms with Crippen LogP contribution in [0.15, 0.2) is 0 Å². The molecule has 0 rings (SSSR count). The first kappa shape index (κ1) is 16.6. The lowest BCUT2D eigenvalue weighted by atomic mass is 10.2. The SMILES string of the molecule is CCCC(NC(=O)NCCNS(C)(=O)=O)C(=O)O. The minimum Gasteiger partial charge on any atom is -0.480 e. The molecule has 0 spiro atoms. The van der Waals surface area contributed by atoms with Crippen molar-refractivity contribution in [2.24, 2.45) is 0 Å². The molecule has 8 nitrogen and oxygen atoms in total. The van der Waals surface area contributed by atoms with E-state index < -0.39 is 28.1 Å². The molecule has 0 aromatic heterocycles. The van der Waals surface area contributed by atoms with Crippen molar-refractivity contribution in [2.75, 3.05) is 19.3 Å². The van der Waals surface area contributed by atoms with Crippen LogP contribution in [0, 0.1) is 0 Å². The van der Waals surface area contributed by atoms with Crippen LogP contribution < -0.4 is 15.4 Å². The van der Waals surface area contributed by atoms with E-state index in [1.165, 1.54) is 0 Å². The molecule has 0 heterocycles. The van der Waals surface area contributed by atoms with E-state index >= 15 is 0 Å². The average Bonchev–Trinajstić information content (AvgIpc) is 2.22. The van der Waals surface area contributed by atoms with E-state index in [2.05, 4.69) is 15.4 Å². The first-order chi connectivity index (χ1) is 8.26. The van der Waals surface area contributed by atoms with Crippen LogP contribution in [0.1, 0.15) is 19.8 Å². The molecule has 0 saturated carbocycles. The zero-order valence-electron chi connectivity index (χ0n) is 10.4. The molecule has 106 valence electrons. The van der Waals surface area contributed by atoms with Gasteiger partial charge in [-0.1, -0.05) is 13.3 Å². The van der Waals surface area contributed by atoms with Gasteiger partial charge in [0, 0.05) is 13.1 Å². The number of nitrogens with one attached hydrogen (secondary N) is 3. The highest BCUT2D eigenvalue weighted by molar-refractivity contribution is 7.88. The van der Waals surface area contributed by atoms with Crippen LogP contribution in [0.2, 0.25) is 0 Å². The van der Waals surface area contributed by atoms with Gasteiger partial charge >= 0.3 is 12.0 Å². The lowest BCUT2D eigenvalue weighted by molar-refractivity contribution is -0.139. The molecule has 0 saturated heterocycles. The lowest BCUT2D eigenvalue weighted by Crippen LogP contribution is -2.47. The minimum absolute atomic E-state index is 0.0533. The van der Waals surface area contributed by atoms with Gasteiger partial charge in [-0.2, -0.15) is 0 Å². The summed E-state index contributed by atoms with van der Waals surface area (Å²) in [7, 11) is -3.28. The van der Waals surface area contributed by atoms with Crippen LogP contribution >= 0.6 is 0 Å². The fourth-order valence-corrected chi connectivity index (χ4v) is 1.64. The first-order valence-electron chi connectivity index (χ1n) is 5.48. The Bertz CT molecular complexity index is 382. The lowest BCUT2D eigenvalue weighted by Gasteiger charge is -2.14. The smallest absolute Gasteiger partial charge is 0.326 e. The molecule has 2 amide bonds. The fraction of sp³-hybridized carbons (Fsp3) is 0.778. The second-order valence-corrected chi connectivity index (χ2v) is 5.58. The second-order valence-electron chi connectivity index (χ2n) is 3.75. The number of hydrogen-bond donors (Lipinski definition) is 4. The summed E-state index contributed by atoms with van der Waals surface area (Å²) in [5.74, 6) is -1.10. The van der Waals surface area contributed by atoms with E-state index in [-0.39, 0.29) is 13.1 Å². The summed E-state index contributed by atoms with van der Waals surface area (Å²) < 4.78 is 23.6. The Kier molecular flexibility index (Phi) is 7.29. The third-order valence-electron chi connectivity index (χ3n) is 1.96. The fourth-order valence-electron chi connectivity index (χ4n) is 1.17. The number of aliphatic carboxylic acids is 1. The normalized spacial score (nSPS) is 12.8. The van der Waals surface area contributed by atoms with Gasteiger partial charge in [0.2, 0.25) is 10.0 Å². The van der Waals surface area contributed by atoms with Gasteiger partial charge in [0.05, 0.1) is 6.26 Å². The average molecular weight is 281 g/mol. The molecule has 18 heavy (non-hydrogen) atoms. The summed E-state index contributed by atoms with van der Waals surface area (Å²) in [6.07, 6.45) is 1.98. The number of hydrogen-bond acceptors (Lipinski definition) is 4. The standard InChI is InChI=1S/C9H19N3O5S/c1-3-4-7(8(13)14)12-9(15)10-5-6-11-18(2,16)17/h7,11H,3-6H2,1-2H3,(H,13,14)(H2,10,12,15). The Morgan fingerprint density at radius 2 is 1.89 bits per heavy atom. The number of amides is 2. The first-order valence-corrected chi connectivity index (χ1v) is 7.37. The molecule has 0 aliphatic carbocycles. The number of carbonyl (C=O) groups is 2. The molecule has 9 heteroatoms. The molecule has 0 radical (unpaired) electrons. The van der Waals surface area contributed by atoms with Crippen LogP contribution in [0.3, 0.4) is 0 Å². The number of rotatable bonds is 8. The zero-order valence-corrected chi connectivity index (χ0v) is 11.2. The molecule has 0 aromatic carbocycles. The highest BCUT2D eigenvalue weighted by atomic mass is 32.2. The van der Waals surface area contributed by atoms with Gasteiger partial charge in [0.15, 0.2) is 0 Å². The molecule has 0 aliphatic rings. The molecule has 0 bridgehead atoms. The monoisotopic (exact) mass is 281 g/mol. The highest BCUT2D eigenvalue weighted by Gasteiger charge is 2.18. The van der Waals surface area contributed by atoms with Crippen molar-refractivity contribution >= 4 is 22.0 Å². The number of sulfonamides is 1. The third-order valence-corrected chi connectivity index (χ3v) is 2.68. The summed E-state index contributed by atoms with van der Waals surface area (Å²) in [5, 5.41) is 13.4. The van der Waals surface area contributed by atoms with Crippen molar-refractivity contribution in [2.45, 2.75) is 25.8 Å². The third kappa shape index (κ3) is 8.76. The predicted octanol–water partition coefficient (Wildman–Crippen LogP) is -0.912. The summed E-state index contributed by atoms with van der Waals surface area (Å²) >= 11 is 0. The molecule has 0 aliphatic heterocycles. The van der Waals surface area contributed by atoms with Gasteiger partial charge in [-0.3, -0.25) is 0 Å². The van der Waals surface area contributed by atoms with Crippen molar-refractivity contribution in [3.63, 3.8) is 0 Å². The molecular weight excluding hydrogens is 262 g/mol. The summed E-state index contributed by atoms with van der Waals surface area (Å²) in [6.45, 7) is 1.95. The van der Waals surface area contributed by atoms with Gasteiger partial charge < -0.3 is 15.7 Å². The van der Waals surface area contributed by atoms with Gasteiger partial charge in [-0.15, -0.1) is 0 Å². The van der Waals surface area contributed by atoms with E-state index in [4.69, 9.17) is 5.11 Å². The summed E-state index contributed by atoms with van der Waals surface area (Å²) in [4.78, 5) is 22.0. The molecule has 4 N–H and O–H groups in total. The van der Waals surface area contributed by atoms with Crippen LogP contribution in [0.4, 0.5) is 4.79 Å². The highest BCUT2D eigenvalue weighted by Crippen LogP contribution is 1.96. The van der Waals surface area contributed by atoms with E-state index in [0.29, 0.717) is 12.8 Å². The van der Waals surface area contributed by atoms with Crippen molar-refractivity contribution in [3.05, 3.63) is 0 Å². The molecule has 1 unspecified atom stereocenters. The zero-order chi connectivity index (χ0) is 14.2. The van der Waals surface area contributed by atoms with E-state index in [1.54, 1.807) is 0 Å². The van der Waals surface area contributed by atoms with Crippen molar-refractivity contribution in [1.29, 1.82) is 0 Å². The molecule has 0 fully saturated rings. The minimum atomic E-state index is -3.28. The van der Waals surface area contributed by atoms with Crippen molar-refractivity contribution < 1.29 is 23.1 Å². The molecule has 1 atom stereocenters. The topological polar surface area (TPSA) is 125 Å². The number of carboxylic acid groups (broad SMARTS) is 1. The number of urea groups is 1. The maximum Gasteiger partial charge on any atom is 0.326 e. The number of carboxylic acids is 1. The Morgan fingerprint density at radius 1 is 1.28 bits per heavy atom. The van der Waals surface area contributed by atoms with Crippen molar-refractivity contribution in [1.82, 2.24) is 15.4 Å². The van der Waals surface area contributed by atoms with Gasteiger partial charge in [-0.05, 0) is 6.42 Å². The predicted molar refractivity (Wildman–Crippen MR) is 65.7 cm³/mol. The van der Waals surface area contributed by atoms with E-state index in [1.807, 2.05) is 6.92 Å². The molecular formula is C9H19N3O5S. The van der Waals surface area contributed by atoms with Crippen molar-refractivity contribution in [3.8, 4) is 0 Å². The van der Waals surface area contributed by atoms with Crippen LogP contribution in [-0.2, 0) is 14.8 Å². The Morgan fingerprint density at radius 3 is 2.33 bits per heavy atom. The van der Waals surface area contributed by atoms with E-state index in [9.17, 15) is 18.0 Å². The van der Waals surface area contributed by atoms with Gasteiger partial charge in [0.25, 0.3) is 0 Å². The Balaban J connectivity index is 3.92. The second kappa shape index (κ2) is 7.88. The summed E-state index contributed by atoms with van der Waals surface area (Å²) in [5.41, 5.74) is 0. The number of carbonyl (C=O) groups excluding carboxylic acids is 1. The molecule has 0 aromatic rings. The maximum atomic E-state index is 11.3. The largest absolute Gasteiger partial charge is 0.480 e.